The number of nitrogens with zero attached hydrogens (tertiary/aromatic N) is 1. The van der Waals surface area contributed by atoms with Gasteiger partial charge in [0.15, 0.2) is 0 Å². The SMILES string of the molecule is CCCOc1c(Br)cc(CNCCN2CCOCC2)cc1Br. The zero-order valence-electron chi connectivity index (χ0n) is 13.0. The van der Waals surface area contributed by atoms with Gasteiger partial charge in [-0.05, 0) is 56.0 Å². The fourth-order valence-corrected chi connectivity index (χ4v) is 3.86. The maximum Gasteiger partial charge on any atom is 0.147 e. The molecular formula is C16H24Br2N2O2. The summed E-state index contributed by atoms with van der Waals surface area (Å²) >= 11 is 7.19. The quantitative estimate of drug-likeness (QED) is 0.634. The van der Waals surface area contributed by atoms with Gasteiger partial charge in [-0.1, -0.05) is 6.92 Å². The van der Waals surface area contributed by atoms with Crippen LogP contribution in [0.1, 0.15) is 18.9 Å². The van der Waals surface area contributed by atoms with Gasteiger partial charge < -0.3 is 14.8 Å². The molecule has 0 unspecified atom stereocenters. The van der Waals surface area contributed by atoms with Crippen molar-refractivity contribution in [2.24, 2.45) is 0 Å². The Bertz CT molecular complexity index is 442. The molecule has 1 aromatic rings. The molecule has 6 heteroatoms. The third-order valence-electron chi connectivity index (χ3n) is 3.55. The largest absolute Gasteiger partial charge is 0.491 e. The highest BCUT2D eigenvalue weighted by atomic mass is 79.9. The second-order valence-corrected chi connectivity index (χ2v) is 7.08. The van der Waals surface area contributed by atoms with Gasteiger partial charge in [-0.25, -0.2) is 0 Å². The Morgan fingerprint density at radius 1 is 1.23 bits per heavy atom. The van der Waals surface area contributed by atoms with Crippen molar-refractivity contribution in [2.75, 3.05) is 46.0 Å². The molecule has 1 aliphatic rings. The van der Waals surface area contributed by atoms with E-state index in [4.69, 9.17) is 9.47 Å². The lowest BCUT2D eigenvalue weighted by Gasteiger charge is -2.26. The fourth-order valence-electron chi connectivity index (χ4n) is 2.35. The molecule has 1 aliphatic heterocycles. The van der Waals surface area contributed by atoms with Crippen molar-refractivity contribution in [3.63, 3.8) is 0 Å². The van der Waals surface area contributed by atoms with Crippen molar-refractivity contribution in [1.29, 1.82) is 0 Å². The van der Waals surface area contributed by atoms with Gasteiger partial charge in [-0.3, -0.25) is 4.90 Å². The second kappa shape index (κ2) is 9.88. The molecule has 0 amide bonds. The Morgan fingerprint density at radius 2 is 1.91 bits per heavy atom. The predicted octanol–water partition coefficient (Wildman–Crippen LogP) is 3.42. The van der Waals surface area contributed by atoms with Crippen LogP contribution in [0.4, 0.5) is 0 Å². The van der Waals surface area contributed by atoms with Gasteiger partial charge in [0.25, 0.3) is 0 Å². The summed E-state index contributed by atoms with van der Waals surface area (Å²) in [5.41, 5.74) is 1.24. The molecule has 1 heterocycles. The highest BCUT2D eigenvalue weighted by molar-refractivity contribution is 9.11. The van der Waals surface area contributed by atoms with Gasteiger partial charge in [0.1, 0.15) is 5.75 Å². The van der Waals surface area contributed by atoms with Gasteiger partial charge >= 0.3 is 0 Å². The molecule has 1 fully saturated rings. The molecule has 22 heavy (non-hydrogen) atoms. The molecule has 0 bridgehead atoms. The summed E-state index contributed by atoms with van der Waals surface area (Å²) in [4.78, 5) is 2.43. The van der Waals surface area contributed by atoms with Crippen molar-refractivity contribution >= 4 is 31.9 Å². The van der Waals surface area contributed by atoms with Crippen molar-refractivity contribution in [1.82, 2.24) is 10.2 Å². The Kier molecular flexibility index (Phi) is 8.17. The molecule has 1 saturated heterocycles. The molecule has 0 aliphatic carbocycles. The smallest absolute Gasteiger partial charge is 0.147 e. The molecule has 0 atom stereocenters. The summed E-state index contributed by atoms with van der Waals surface area (Å²) in [6.45, 7) is 9.56. The first kappa shape index (κ1) is 18.2. The first-order valence-corrected chi connectivity index (χ1v) is 9.41. The topological polar surface area (TPSA) is 33.7 Å². The van der Waals surface area contributed by atoms with E-state index in [1.165, 1.54) is 5.56 Å². The number of morpholine rings is 1. The van der Waals surface area contributed by atoms with Crippen LogP contribution >= 0.6 is 31.9 Å². The molecule has 0 saturated carbocycles. The first-order valence-electron chi connectivity index (χ1n) is 7.82. The van der Waals surface area contributed by atoms with E-state index < -0.39 is 0 Å². The van der Waals surface area contributed by atoms with Crippen LogP contribution in [0.15, 0.2) is 21.1 Å². The Hall–Kier alpha value is -0.140. The molecule has 1 N–H and O–H groups in total. The van der Waals surface area contributed by atoms with Crippen molar-refractivity contribution < 1.29 is 9.47 Å². The van der Waals surface area contributed by atoms with E-state index >= 15 is 0 Å². The van der Waals surface area contributed by atoms with Crippen LogP contribution in [0.3, 0.4) is 0 Å². The van der Waals surface area contributed by atoms with E-state index in [2.05, 4.69) is 61.1 Å². The van der Waals surface area contributed by atoms with Crippen LogP contribution in [0.25, 0.3) is 0 Å². The van der Waals surface area contributed by atoms with E-state index in [9.17, 15) is 0 Å². The summed E-state index contributed by atoms with van der Waals surface area (Å²) < 4.78 is 13.1. The number of benzene rings is 1. The highest BCUT2D eigenvalue weighted by Crippen LogP contribution is 2.34. The minimum Gasteiger partial charge on any atom is -0.491 e. The van der Waals surface area contributed by atoms with Crippen molar-refractivity contribution in [3.8, 4) is 5.75 Å². The fraction of sp³-hybridized carbons (Fsp3) is 0.625. The average molecular weight is 436 g/mol. The molecular weight excluding hydrogens is 412 g/mol. The standard InChI is InChI=1S/C16H24Br2N2O2/c1-2-7-22-16-14(17)10-13(11-15(16)18)12-19-3-4-20-5-8-21-9-6-20/h10-11,19H,2-9,12H2,1H3. The van der Waals surface area contributed by atoms with Crippen LogP contribution in [-0.4, -0.2) is 50.9 Å². The zero-order chi connectivity index (χ0) is 15.8. The first-order chi connectivity index (χ1) is 10.7. The molecule has 4 nitrogen and oxygen atoms in total. The van der Waals surface area contributed by atoms with Gasteiger partial charge in [0, 0.05) is 32.7 Å². The van der Waals surface area contributed by atoms with E-state index in [1.54, 1.807) is 0 Å². The van der Waals surface area contributed by atoms with E-state index in [1.807, 2.05) is 0 Å². The molecule has 2 rings (SSSR count). The van der Waals surface area contributed by atoms with Gasteiger partial charge in [0.2, 0.25) is 0 Å². The number of nitrogens with one attached hydrogen (secondary N) is 1. The normalized spacial score (nSPS) is 16.0. The van der Waals surface area contributed by atoms with Gasteiger partial charge in [0.05, 0.1) is 28.8 Å². The molecule has 0 radical (unpaired) electrons. The van der Waals surface area contributed by atoms with Crippen LogP contribution in [0.5, 0.6) is 5.75 Å². The van der Waals surface area contributed by atoms with Crippen molar-refractivity contribution in [3.05, 3.63) is 26.6 Å². The molecule has 0 spiro atoms. The van der Waals surface area contributed by atoms with Crippen LogP contribution in [0.2, 0.25) is 0 Å². The van der Waals surface area contributed by atoms with E-state index in [0.29, 0.717) is 0 Å². The second-order valence-electron chi connectivity index (χ2n) is 5.37. The predicted molar refractivity (Wildman–Crippen MR) is 96.6 cm³/mol. The molecule has 1 aromatic carbocycles. The summed E-state index contributed by atoms with van der Waals surface area (Å²) in [5.74, 6) is 0.888. The number of ether oxygens (including phenoxy) is 2. The lowest BCUT2D eigenvalue weighted by molar-refractivity contribution is 0.0384. The van der Waals surface area contributed by atoms with Gasteiger partial charge in [-0.15, -0.1) is 0 Å². The molecule has 124 valence electrons. The molecule has 0 aromatic heterocycles. The summed E-state index contributed by atoms with van der Waals surface area (Å²) in [6, 6.07) is 4.25. The number of hydrogen-bond donors (Lipinski definition) is 1. The summed E-state index contributed by atoms with van der Waals surface area (Å²) in [7, 11) is 0. The zero-order valence-corrected chi connectivity index (χ0v) is 16.2. The summed E-state index contributed by atoms with van der Waals surface area (Å²) in [5, 5.41) is 3.50. The van der Waals surface area contributed by atoms with Crippen LogP contribution < -0.4 is 10.1 Å². The van der Waals surface area contributed by atoms with Crippen LogP contribution in [0, 0.1) is 0 Å². The van der Waals surface area contributed by atoms with Crippen LogP contribution in [-0.2, 0) is 11.3 Å². The van der Waals surface area contributed by atoms with Crippen molar-refractivity contribution in [2.45, 2.75) is 19.9 Å². The maximum atomic E-state index is 5.74. The third kappa shape index (κ3) is 5.81. The van der Waals surface area contributed by atoms with E-state index in [-0.39, 0.29) is 0 Å². The average Bonchev–Trinajstić information content (AvgIpc) is 2.52. The number of hydrogen-bond acceptors (Lipinski definition) is 4. The lowest BCUT2D eigenvalue weighted by atomic mass is 10.2. The minimum absolute atomic E-state index is 0.731. The van der Waals surface area contributed by atoms with E-state index in [0.717, 1.165) is 73.7 Å². The third-order valence-corrected chi connectivity index (χ3v) is 4.72. The number of halogens is 2. The maximum absolute atomic E-state index is 5.74. The van der Waals surface area contributed by atoms with Gasteiger partial charge in [-0.2, -0.15) is 0 Å². The minimum atomic E-state index is 0.731. The Morgan fingerprint density at radius 3 is 2.55 bits per heavy atom. The highest BCUT2D eigenvalue weighted by Gasteiger charge is 2.10. The lowest BCUT2D eigenvalue weighted by Crippen LogP contribution is -2.40. The Balaban J connectivity index is 1.77. The monoisotopic (exact) mass is 434 g/mol. The summed E-state index contributed by atoms with van der Waals surface area (Å²) in [6.07, 6.45) is 1.00. The number of rotatable bonds is 8. The Labute approximate surface area is 149 Å².